The van der Waals surface area contributed by atoms with Crippen molar-refractivity contribution in [2.75, 3.05) is 12.9 Å². The molecule has 2 atom stereocenters. The van der Waals surface area contributed by atoms with Crippen molar-refractivity contribution in [3.05, 3.63) is 12.7 Å². The van der Waals surface area contributed by atoms with E-state index in [1.165, 1.54) is 13.5 Å². The Kier molecular flexibility index (Phi) is 5.09. The number of carbonyl (C=O) groups is 1. The molecule has 1 fully saturated rings. The van der Waals surface area contributed by atoms with Crippen LogP contribution in [-0.2, 0) is 9.53 Å². The lowest BCUT2D eigenvalue weighted by atomic mass is 9.89. The number of methoxy groups -OCH3 is 1. The highest BCUT2D eigenvalue weighted by molar-refractivity contribution is 8.00. The molecule has 1 saturated carbocycles. The average Bonchev–Trinajstić information content (AvgIpc) is 2.25. The zero-order valence-corrected chi connectivity index (χ0v) is 9.52. The van der Waals surface area contributed by atoms with Crippen LogP contribution in [0.4, 0.5) is 0 Å². The quantitative estimate of drug-likeness (QED) is 0.531. The van der Waals surface area contributed by atoms with E-state index in [2.05, 4.69) is 6.58 Å². The Morgan fingerprint density at radius 3 is 2.93 bits per heavy atom. The van der Waals surface area contributed by atoms with Crippen LogP contribution >= 0.6 is 11.8 Å². The summed E-state index contributed by atoms with van der Waals surface area (Å²) in [5.41, 5.74) is 0. The summed E-state index contributed by atoms with van der Waals surface area (Å²) in [5.74, 6) is 1.00. The van der Waals surface area contributed by atoms with E-state index in [0.29, 0.717) is 5.25 Å². The average molecular weight is 214 g/mol. The lowest BCUT2D eigenvalue weighted by molar-refractivity contribution is -0.146. The largest absolute Gasteiger partial charge is 0.469 e. The molecule has 0 heterocycles. The van der Waals surface area contributed by atoms with Gasteiger partial charge in [-0.2, -0.15) is 11.8 Å². The summed E-state index contributed by atoms with van der Waals surface area (Å²) in [7, 11) is 1.48. The molecule has 0 aliphatic heterocycles. The summed E-state index contributed by atoms with van der Waals surface area (Å²) in [6, 6.07) is 0. The van der Waals surface area contributed by atoms with Gasteiger partial charge in [-0.1, -0.05) is 18.9 Å². The van der Waals surface area contributed by atoms with Gasteiger partial charge in [0.1, 0.15) is 0 Å². The fourth-order valence-corrected chi connectivity index (χ4v) is 3.11. The van der Waals surface area contributed by atoms with E-state index in [4.69, 9.17) is 4.74 Å². The zero-order chi connectivity index (χ0) is 10.4. The van der Waals surface area contributed by atoms with E-state index in [9.17, 15) is 4.79 Å². The van der Waals surface area contributed by atoms with Crippen molar-refractivity contribution < 1.29 is 9.53 Å². The standard InChI is InChI=1S/C11H18O2S/c1-3-8-14-10-7-5-4-6-9(10)11(12)13-2/h3,9-10H,1,4-8H2,2H3. The third kappa shape index (κ3) is 3.05. The Labute approximate surface area is 90.1 Å². The summed E-state index contributed by atoms with van der Waals surface area (Å²) in [6.45, 7) is 3.70. The summed E-state index contributed by atoms with van der Waals surface area (Å²) in [5, 5.41) is 0.439. The van der Waals surface area contributed by atoms with Crippen molar-refractivity contribution in [1.29, 1.82) is 0 Å². The number of hydrogen-bond donors (Lipinski definition) is 0. The first-order valence-electron chi connectivity index (χ1n) is 5.10. The van der Waals surface area contributed by atoms with E-state index in [-0.39, 0.29) is 11.9 Å². The second-order valence-corrected chi connectivity index (χ2v) is 4.85. The minimum Gasteiger partial charge on any atom is -0.469 e. The van der Waals surface area contributed by atoms with Crippen LogP contribution in [0.1, 0.15) is 25.7 Å². The van der Waals surface area contributed by atoms with Crippen LogP contribution in [0.3, 0.4) is 0 Å². The molecule has 1 aliphatic carbocycles. The fraction of sp³-hybridized carbons (Fsp3) is 0.727. The summed E-state index contributed by atoms with van der Waals surface area (Å²) >= 11 is 1.83. The van der Waals surface area contributed by atoms with Gasteiger partial charge in [0.2, 0.25) is 0 Å². The summed E-state index contributed by atoms with van der Waals surface area (Å²) in [4.78, 5) is 11.5. The highest BCUT2D eigenvalue weighted by atomic mass is 32.2. The first kappa shape index (κ1) is 11.6. The van der Waals surface area contributed by atoms with Gasteiger partial charge in [-0.25, -0.2) is 0 Å². The number of esters is 1. The molecule has 80 valence electrons. The van der Waals surface area contributed by atoms with Crippen molar-refractivity contribution in [3.63, 3.8) is 0 Å². The molecule has 2 unspecified atom stereocenters. The van der Waals surface area contributed by atoms with Crippen LogP contribution in [0.5, 0.6) is 0 Å². The monoisotopic (exact) mass is 214 g/mol. The lowest BCUT2D eigenvalue weighted by Gasteiger charge is -2.28. The van der Waals surface area contributed by atoms with Crippen LogP contribution in [-0.4, -0.2) is 24.1 Å². The summed E-state index contributed by atoms with van der Waals surface area (Å²) in [6.07, 6.45) is 6.42. The molecule has 14 heavy (non-hydrogen) atoms. The van der Waals surface area contributed by atoms with Crippen LogP contribution in [0.25, 0.3) is 0 Å². The minimum absolute atomic E-state index is 0.0359. The van der Waals surface area contributed by atoms with Crippen molar-refractivity contribution in [2.24, 2.45) is 5.92 Å². The van der Waals surface area contributed by atoms with Crippen molar-refractivity contribution in [2.45, 2.75) is 30.9 Å². The molecular formula is C11H18O2S. The van der Waals surface area contributed by atoms with Crippen LogP contribution < -0.4 is 0 Å². The smallest absolute Gasteiger partial charge is 0.309 e. The molecule has 0 spiro atoms. The summed E-state index contributed by atoms with van der Waals surface area (Å²) < 4.78 is 4.82. The number of ether oxygens (including phenoxy) is 1. The molecule has 0 amide bonds. The fourth-order valence-electron chi connectivity index (χ4n) is 1.91. The topological polar surface area (TPSA) is 26.3 Å². The number of rotatable bonds is 4. The van der Waals surface area contributed by atoms with Crippen molar-refractivity contribution in [1.82, 2.24) is 0 Å². The van der Waals surface area contributed by atoms with Gasteiger partial charge in [-0.3, -0.25) is 4.79 Å². The molecular weight excluding hydrogens is 196 g/mol. The predicted octanol–water partition coefficient (Wildman–Crippen LogP) is 2.64. The van der Waals surface area contributed by atoms with Crippen molar-refractivity contribution in [3.8, 4) is 0 Å². The molecule has 0 saturated heterocycles. The Morgan fingerprint density at radius 1 is 1.57 bits per heavy atom. The second kappa shape index (κ2) is 6.12. The molecule has 0 aromatic carbocycles. The first-order valence-corrected chi connectivity index (χ1v) is 6.14. The minimum atomic E-state index is -0.0359. The molecule has 1 aliphatic rings. The zero-order valence-electron chi connectivity index (χ0n) is 8.70. The predicted molar refractivity (Wildman–Crippen MR) is 60.4 cm³/mol. The van der Waals surface area contributed by atoms with Gasteiger partial charge in [0.05, 0.1) is 13.0 Å². The maximum atomic E-state index is 11.5. The highest BCUT2D eigenvalue weighted by Gasteiger charge is 2.31. The van der Waals surface area contributed by atoms with Gasteiger partial charge in [0, 0.05) is 11.0 Å². The number of hydrogen-bond acceptors (Lipinski definition) is 3. The molecule has 0 N–H and O–H groups in total. The Morgan fingerprint density at radius 2 is 2.29 bits per heavy atom. The molecule has 0 aromatic rings. The Bertz CT molecular complexity index is 203. The van der Waals surface area contributed by atoms with Crippen molar-refractivity contribution >= 4 is 17.7 Å². The number of carbonyl (C=O) groups excluding carboxylic acids is 1. The SMILES string of the molecule is C=CCSC1CCCCC1C(=O)OC. The molecule has 2 nitrogen and oxygen atoms in total. The Hall–Kier alpha value is -0.440. The normalized spacial score (nSPS) is 26.9. The van der Waals surface area contributed by atoms with Gasteiger partial charge in [0.25, 0.3) is 0 Å². The van der Waals surface area contributed by atoms with Gasteiger partial charge >= 0.3 is 5.97 Å². The maximum absolute atomic E-state index is 11.5. The highest BCUT2D eigenvalue weighted by Crippen LogP contribution is 2.34. The lowest BCUT2D eigenvalue weighted by Crippen LogP contribution is -2.30. The van der Waals surface area contributed by atoms with Crippen LogP contribution in [0.15, 0.2) is 12.7 Å². The van der Waals surface area contributed by atoms with Gasteiger partial charge in [0.15, 0.2) is 0 Å². The van der Waals surface area contributed by atoms with Gasteiger partial charge in [-0.05, 0) is 12.8 Å². The molecule has 0 aromatic heterocycles. The van der Waals surface area contributed by atoms with Gasteiger partial charge in [-0.15, -0.1) is 6.58 Å². The molecule has 0 radical (unpaired) electrons. The second-order valence-electron chi connectivity index (χ2n) is 3.57. The molecule has 0 bridgehead atoms. The van der Waals surface area contributed by atoms with E-state index in [1.54, 1.807) is 0 Å². The maximum Gasteiger partial charge on any atom is 0.309 e. The van der Waals surface area contributed by atoms with E-state index in [1.807, 2.05) is 17.8 Å². The van der Waals surface area contributed by atoms with E-state index in [0.717, 1.165) is 25.0 Å². The van der Waals surface area contributed by atoms with Gasteiger partial charge < -0.3 is 4.74 Å². The molecule has 3 heteroatoms. The third-order valence-corrected chi connectivity index (χ3v) is 4.06. The molecule has 1 rings (SSSR count). The van der Waals surface area contributed by atoms with E-state index < -0.39 is 0 Å². The third-order valence-electron chi connectivity index (χ3n) is 2.63. The first-order chi connectivity index (χ1) is 6.79. The Balaban J connectivity index is 2.49. The van der Waals surface area contributed by atoms with E-state index >= 15 is 0 Å². The number of thioether (sulfide) groups is 1. The van der Waals surface area contributed by atoms with Crippen LogP contribution in [0.2, 0.25) is 0 Å². The van der Waals surface area contributed by atoms with Crippen LogP contribution in [0, 0.1) is 5.92 Å².